The Morgan fingerprint density at radius 1 is 1.00 bits per heavy atom. The topological polar surface area (TPSA) is 82.1 Å². The number of rotatable bonds is 5. The highest BCUT2D eigenvalue weighted by molar-refractivity contribution is 5.82. The Morgan fingerprint density at radius 3 is 1.74 bits per heavy atom. The summed E-state index contributed by atoms with van der Waals surface area (Å²) in [6.07, 6.45) is -6.19. The van der Waals surface area contributed by atoms with Crippen LogP contribution >= 0.6 is 0 Å². The number of methoxy groups -OCH3 is 2. The summed E-state index contributed by atoms with van der Waals surface area (Å²) in [7, 11) is 2.03. The average molecular weight is 287 g/mol. The van der Waals surface area contributed by atoms with Gasteiger partial charge in [-0.25, -0.2) is 4.79 Å². The fourth-order valence-corrected chi connectivity index (χ4v) is 0.861. The maximum atomic E-state index is 11.9. The van der Waals surface area contributed by atoms with Crippen LogP contribution in [0.3, 0.4) is 0 Å². The molecule has 0 aromatic carbocycles. The number of hydrogen-bond acceptors (Lipinski definition) is 6. The molecule has 0 aliphatic carbocycles. The van der Waals surface area contributed by atoms with E-state index in [1.807, 2.05) is 0 Å². The molecule has 0 saturated heterocycles. The van der Waals surface area contributed by atoms with Gasteiger partial charge < -0.3 is 14.2 Å². The van der Waals surface area contributed by atoms with Crippen molar-refractivity contribution in [2.45, 2.75) is 6.18 Å². The largest absolute Gasteiger partial charge is 0.468 e. The number of ether oxygens (including phenoxy) is 3. The van der Waals surface area contributed by atoms with Gasteiger partial charge in [0.05, 0.1) is 14.2 Å². The van der Waals surface area contributed by atoms with Crippen LogP contribution < -0.4 is 0 Å². The number of carbonyl (C=O) groups is 3. The van der Waals surface area contributed by atoms with Crippen LogP contribution in [0.2, 0.25) is 0 Å². The first kappa shape index (κ1) is 17.0. The summed E-state index contributed by atoms with van der Waals surface area (Å²) in [4.78, 5) is 33.6. The summed E-state index contributed by atoms with van der Waals surface area (Å²) in [6.45, 7) is -3.30. The second-order valence-electron chi connectivity index (χ2n) is 3.18. The molecule has 0 aromatic rings. The number of alkyl halides is 3. The Balaban J connectivity index is 4.58. The van der Waals surface area contributed by atoms with Crippen LogP contribution in [0.15, 0.2) is 0 Å². The average Bonchev–Trinajstić information content (AvgIpc) is 2.33. The van der Waals surface area contributed by atoms with Gasteiger partial charge >= 0.3 is 24.2 Å². The van der Waals surface area contributed by atoms with Gasteiger partial charge in [-0.05, 0) is 0 Å². The van der Waals surface area contributed by atoms with Gasteiger partial charge in [0.15, 0.2) is 6.61 Å². The summed E-state index contributed by atoms with van der Waals surface area (Å²) >= 11 is 0. The van der Waals surface area contributed by atoms with E-state index in [9.17, 15) is 27.6 Å². The van der Waals surface area contributed by atoms with Crippen molar-refractivity contribution in [3.8, 4) is 0 Å². The highest BCUT2D eigenvalue weighted by Gasteiger charge is 2.31. The summed E-state index contributed by atoms with van der Waals surface area (Å²) < 4.78 is 47.9. The molecule has 110 valence electrons. The first-order valence-electron chi connectivity index (χ1n) is 4.81. The van der Waals surface area contributed by atoms with Crippen LogP contribution in [0.25, 0.3) is 0 Å². The number of amides is 1. The normalized spacial score (nSPS) is 10.6. The third-order valence-corrected chi connectivity index (χ3v) is 1.71. The molecule has 0 aliphatic heterocycles. The third kappa shape index (κ3) is 7.84. The van der Waals surface area contributed by atoms with Gasteiger partial charge in [-0.3, -0.25) is 14.5 Å². The second kappa shape index (κ2) is 7.44. The zero-order valence-electron chi connectivity index (χ0n) is 10.2. The van der Waals surface area contributed by atoms with Crippen molar-refractivity contribution in [1.29, 1.82) is 0 Å². The molecule has 0 aromatic heterocycles. The quantitative estimate of drug-likeness (QED) is 0.535. The molecule has 0 radical (unpaired) electrons. The fraction of sp³-hybridized carbons (Fsp3) is 0.667. The van der Waals surface area contributed by atoms with Crippen molar-refractivity contribution in [3.05, 3.63) is 0 Å². The van der Waals surface area contributed by atoms with E-state index in [4.69, 9.17) is 0 Å². The molecule has 0 heterocycles. The second-order valence-corrected chi connectivity index (χ2v) is 3.18. The number of hydrogen-bond donors (Lipinski definition) is 0. The number of halogens is 3. The predicted octanol–water partition coefficient (Wildman–Crippen LogP) is 0.333. The SMILES string of the molecule is COC(=O)CN(CC(=O)OC)C(=O)OCC(F)(F)F. The Labute approximate surface area is 106 Å². The maximum Gasteiger partial charge on any atom is 0.422 e. The Bertz CT molecular complexity index is 325. The first-order chi connectivity index (χ1) is 8.69. The van der Waals surface area contributed by atoms with E-state index in [-0.39, 0.29) is 0 Å². The van der Waals surface area contributed by atoms with Crippen molar-refractivity contribution in [3.63, 3.8) is 0 Å². The van der Waals surface area contributed by atoms with Crippen LogP contribution in [0, 0.1) is 0 Å². The van der Waals surface area contributed by atoms with Crippen molar-refractivity contribution in [2.75, 3.05) is 33.9 Å². The Morgan fingerprint density at radius 2 is 1.42 bits per heavy atom. The summed E-state index contributed by atoms with van der Waals surface area (Å²) in [5.41, 5.74) is 0. The molecule has 0 rings (SSSR count). The number of nitrogens with zero attached hydrogens (tertiary/aromatic N) is 1. The van der Waals surface area contributed by atoms with E-state index in [1.54, 1.807) is 0 Å². The van der Waals surface area contributed by atoms with Crippen molar-refractivity contribution in [2.24, 2.45) is 0 Å². The van der Waals surface area contributed by atoms with Crippen molar-refractivity contribution in [1.82, 2.24) is 4.90 Å². The third-order valence-electron chi connectivity index (χ3n) is 1.71. The Hall–Kier alpha value is -2.00. The Kier molecular flexibility index (Phi) is 6.66. The summed E-state index contributed by atoms with van der Waals surface area (Å²) in [5, 5.41) is 0. The van der Waals surface area contributed by atoms with Crippen LogP contribution in [-0.2, 0) is 23.8 Å². The fourth-order valence-electron chi connectivity index (χ4n) is 0.861. The summed E-state index contributed by atoms with van der Waals surface area (Å²) in [5.74, 6) is -1.85. The number of esters is 2. The minimum atomic E-state index is -4.71. The molecule has 1 amide bonds. The van der Waals surface area contributed by atoms with E-state index in [2.05, 4.69) is 14.2 Å². The minimum Gasteiger partial charge on any atom is -0.468 e. The van der Waals surface area contributed by atoms with Gasteiger partial charge in [-0.15, -0.1) is 0 Å². The van der Waals surface area contributed by atoms with Gasteiger partial charge in [0.1, 0.15) is 13.1 Å². The number of carbonyl (C=O) groups excluding carboxylic acids is 3. The molecule has 0 unspecified atom stereocenters. The minimum absolute atomic E-state index is 0.434. The molecule has 0 bridgehead atoms. The predicted molar refractivity (Wildman–Crippen MR) is 53.0 cm³/mol. The molecule has 19 heavy (non-hydrogen) atoms. The van der Waals surface area contributed by atoms with Crippen LogP contribution in [0.5, 0.6) is 0 Å². The lowest BCUT2D eigenvalue weighted by Gasteiger charge is -2.19. The molecule has 0 aliphatic rings. The molecule has 10 heteroatoms. The van der Waals surface area contributed by atoms with E-state index in [1.165, 1.54) is 0 Å². The molecular formula is C9H12F3NO6. The van der Waals surface area contributed by atoms with Crippen LogP contribution in [-0.4, -0.2) is 63.0 Å². The highest BCUT2D eigenvalue weighted by Crippen LogP contribution is 2.15. The first-order valence-corrected chi connectivity index (χ1v) is 4.81. The zero-order valence-corrected chi connectivity index (χ0v) is 10.2. The van der Waals surface area contributed by atoms with Gasteiger partial charge in [0.2, 0.25) is 0 Å². The van der Waals surface area contributed by atoms with E-state index in [0.717, 1.165) is 14.2 Å². The molecule has 7 nitrogen and oxygen atoms in total. The van der Waals surface area contributed by atoms with Gasteiger partial charge in [-0.2, -0.15) is 13.2 Å². The van der Waals surface area contributed by atoms with Gasteiger partial charge in [0, 0.05) is 0 Å². The smallest absolute Gasteiger partial charge is 0.422 e. The molecule has 0 fully saturated rings. The lowest BCUT2D eigenvalue weighted by molar-refractivity contribution is -0.163. The molecule has 0 spiro atoms. The van der Waals surface area contributed by atoms with E-state index < -0.39 is 43.9 Å². The molecule has 0 saturated carbocycles. The summed E-state index contributed by atoms with van der Waals surface area (Å²) in [6, 6.07) is 0. The lowest BCUT2D eigenvalue weighted by atomic mass is 10.5. The van der Waals surface area contributed by atoms with Gasteiger partial charge in [-0.1, -0.05) is 0 Å². The van der Waals surface area contributed by atoms with Crippen LogP contribution in [0.4, 0.5) is 18.0 Å². The van der Waals surface area contributed by atoms with E-state index in [0.29, 0.717) is 4.90 Å². The molecular weight excluding hydrogens is 275 g/mol. The zero-order chi connectivity index (χ0) is 15.1. The molecule has 0 atom stereocenters. The lowest BCUT2D eigenvalue weighted by Crippen LogP contribution is -2.41. The van der Waals surface area contributed by atoms with E-state index >= 15 is 0 Å². The maximum absolute atomic E-state index is 11.9. The molecule has 0 N–H and O–H groups in total. The van der Waals surface area contributed by atoms with Gasteiger partial charge in [0.25, 0.3) is 0 Å². The monoisotopic (exact) mass is 287 g/mol. The standard InChI is InChI=1S/C9H12F3NO6/c1-17-6(14)3-13(4-7(15)18-2)8(16)19-5-9(10,11)12/h3-5H2,1-2H3. The highest BCUT2D eigenvalue weighted by atomic mass is 19.4. The van der Waals surface area contributed by atoms with Crippen molar-refractivity contribution < 1.29 is 41.8 Å². The van der Waals surface area contributed by atoms with Crippen LogP contribution in [0.1, 0.15) is 0 Å². The van der Waals surface area contributed by atoms with Crippen molar-refractivity contribution >= 4 is 18.0 Å².